The summed E-state index contributed by atoms with van der Waals surface area (Å²) in [6.45, 7) is 7.42. The molecule has 4 aromatic carbocycles. The van der Waals surface area contributed by atoms with E-state index in [4.69, 9.17) is 23.2 Å². The molecule has 0 bridgehead atoms. The fraction of sp³-hybridized carbons (Fsp3) is 0.297. The van der Waals surface area contributed by atoms with Crippen LogP contribution in [0.25, 0.3) is 0 Å². The van der Waals surface area contributed by atoms with E-state index in [-0.39, 0.29) is 35.7 Å². The number of amides is 2. The van der Waals surface area contributed by atoms with Crippen LogP contribution in [-0.2, 0) is 32.6 Å². The van der Waals surface area contributed by atoms with Crippen LogP contribution < -0.4 is 9.62 Å². The summed E-state index contributed by atoms with van der Waals surface area (Å²) in [7, 11) is -4.18. The number of anilines is 1. The summed E-state index contributed by atoms with van der Waals surface area (Å²) < 4.78 is 29.5. The smallest absolute Gasteiger partial charge is 0.264 e. The summed E-state index contributed by atoms with van der Waals surface area (Å²) in [6.07, 6.45) is 0.907. The van der Waals surface area contributed by atoms with Gasteiger partial charge in [0.2, 0.25) is 11.8 Å². The number of nitrogens with zero attached hydrogens (tertiary/aromatic N) is 2. The van der Waals surface area contributed by atoms with Crippen LogP contribution in [0.4, 0.5) is 5.69 Å². The molecule has 4 aromatic rings. The number of halogens is 2. The van der Waals surface area contributed by atoms with Gasteiger partial charge in [0, 0.05) is 19.0 Å². The third kappa shape index (κ3) is 9.37. The Balaban J connectivity index is 1.82. The molecule has 0 aliphatic rings. The lowest BCUT2D eigenvalue weighted by Gasteiger charge is -2.34. The second-order valence-electron chi connectivity index (χ2n) is 11.9. The van der Waals surface area contributed by atoms with E-state index in [0.29, 0.717) is 27.7 Å². The van der Waals surface area contributed by atoms with Crippen molar-refractivity contribution in [2.75, 3.05) is 10.8 Å². The zero-order chi connectivity index (χ0) is 34.1. The van der Waals surface area contributed by atoms with Gasteiger partial charge in [-0.05, 0) is 72.4 Å². The first kappa shape index (κ1) is 36.0. The quantitative estimate of drug-likeness (QED) is 0.146. The molecular weight excluding hydrogens is 653 g/mol. The maximum absolute atomic E-state index is 14.6. The highest BCUT2D eigenvalue weighted by atomic mass is 35.5. The number of sulfonamides is 1. The monoisotopic (exact) mass is 693 g/mol. The molecule has 47 heavy (non-hydrogen) atoms. The molecule has 248 valence electrons. The van der Waals surface area contributed by atoms with Gasteiger partial charge in [0.1, 0.15) is 12.6 Å². The molecule has 1 N–H and O–H groups in total. The normalized spacial score (nSPS) is 12.7. The van der Waals surface area contributed by atoms with Gasteiger partial charge in [0.05, 0.1) is 20.6 Å². The number of benzene rings is 4. The number of rotatable bonds is 14. The summed E-state index contributed by atoms with van der Waals surface area (Å²) in [5, 5.41) is 3.70. The zero-order valence-corrected chi connectivity index (χ0v) is 29.4. The van der Waals surface area contributed by atoms with Crippen molar-refractivity contribution in [3.63, 3.8) is 0 Å². The SMILES string of the molecule is CC[C@H](C)NC(=O)[C@@H](Cc1ccccc1)N(Cc1ccc(Cl)c(Cl)c1)C(=O)CN(c1ccc(C(C)C)cc1)S(=O)(=O)c1ccccc1. The maximum Gasteiger partial charge on any atom is 0.264 e. The first-order valence-electron chi connectivity index (χ1n) is 15.7. The van der Waals surface area contributed by atoms with Crippen LogP contribution in [0.15, 0.2) is 108 Å². The molecule has 4 rings (SSSR count). The second-order valence-corrected chi connectivity index (χ2v) is 14.5. The molecule has 7 nitrogen and oxygen atoms in total. The van der Waals surface area contributed by atoms with Crippen molar-refractivity contribution in [2.45, 2.75) is 70.0 Å². The van der Waals surface area contributed by atoms with Crippen molar-refractivity contribution in [1.29, 1.82) is 0 Å². The number of hydrogen-bond acceptors (Lipinski definition) is 4. The number of nitrogens with one attached hydrogen (secondary N) is 1. The summed E-state index contributed by atoms with van der Waals surface area (Å²) in [4.78, 5) is 30.1. The van der Waals surface area contributed by atoms with E-state index in [2.05, 4.69) is 19.2 Å². The van der Waals surface area contributed by atoms with E-state index >= 15 is 0 Å². The van der Waals surface area contributed by atoms with Crippen molar-refractivity contribution in [1.82, 2.24) is 10.2 Å². The summed E-state index contributed by atoms with van der Waals surface area (Å²) in [5.41, 5.74) is 2.86. The predicted octanol–water partition coefficient (Wildman–Crippen LogP) is 7.87. The Morgan fingerprint density at radius 1 is 0.787 bits per heavy atom. The van der Waals surface area contributed by atoms with E-state index in [1.54, 1.807) is 48.5 Å². The molecule has 0 saturated carbocycles. The van der Waals surface area contributed by atoms with Crippen molar-refractivity contribution in [3.8, 4) is 0 Å². The lowest BCUT2D eigenvalue weighted by molar-refractivity contribution is -0.140. The van der Waals surface area contributed by atoms with Crippen LogP contribution in [0.5, 0.6) is 0 Å². The van der Waals surface area contributed by atoms with Crippen LogP contribution >= 0.6 is 23.2 Å². The average molecular weight is 695 g/mol. The molecule has 2 atom stereocenters. The van der Waals surface area contributed by atoms with Crippen LogP contribution in [-0.4, -0.2) is 43.8 Å². The average Bonchev–Trinajstić information content (AvgIpc) is 3.07. The van der Waals surface area contributed by atoms with Gasteiger partial charge in [-0.2, -0.15) is 0 Å². The fourth-order valence-corrected chi connectivity index (χ4v) is 6.86. The Hall–Kier alpha value is -3.85. The highest BCUT2D eigenvalue weighted by molar-refractivity contribution is 7.92. The third-order valence-corrected chi connectivity index (χ3v) is 10.6. The first-order chi connectivity index (χ1) is 22.4. The first-order valence-corrected chi connectivity index (χ1v) is 17.9. The van der Waals surface area contributed by atoms with Gasteiger partial charge in [-0.1, -0.05) is 111 Å². The van der Waals surface area contributed by atoms with Crippen LogP contribution in [0, 0.1) is 0 Å². The van der Waals surface area contributed by atoms with Gasteiger partial charge in [-0.3, -0.25) is 13.9 Å². The molecule has 0 radical (unpaired) electrons. The van der Waals surface area contributed by atoms with Gasteiger partial charge in [0.25, 0.3) is 10.0 Å². The van der Waals surface area contributed by atoms with Crippen molar-refractivity contribution in [2.24, 2.45) is 0 Å². The van der Waals surface area contributed by atoms with Crippen LogP contribution in [0.3, 0.4) is 0 Å². The lowest BCUT2D eigenvalue weighted by Crippen LogP contribution is -2.54. The minimum Gasteiger partial charge on any atom is -0.352 e. The molecule has 0 saturated heterocycles. The molecule has 0 spiro atoms. The Labute approximate surface area is 288 Å². The molecule has 0 aliphatic carbocycles. The second kappa shape index (κ2) is 16.3. The summed E-state index contributed by atoms with van der Waals surface area (Å²) >= 11 is 12.6. The molecule has 0 aromatic heterocycles. The van der Waals surface area contributed by atoms with E-state index in [1.807, 2.05) is 56.3 Å². The van der Waals surface area contributed by atoms with Gasteiger partial charge >= 0.3 is 0 Å². The van der Waals surface area contributed by atoms with Crippen LogP contribution in [0.1, 0.15) is 56.7 Å². The van der Waals surface area contributed by atoms with E-state index in [1.165, 1.54) is 17.0 Å². The minimum atomic E-state index is -4.18. The van der Waals surface area contributed by atoms with Crippen molar-refractivity contribution < 1.29 is 18.0 Å². The van der Waals surface area contributed by atoms with Gasteiger partial charge in [0.15, 0.2) is 0 Å². The number of hydrogen-bond donors (Lipinski definition) is 1. The highest BCUT2D eigenvalue weighted by Gasteiger charge is 2.35. The molecule has 2 amide bonds. The Morgan fingerprint density at radius 2 is 1.40 bits per heavy atom. The fourth-order valence-electron chi connectivity index (χ4n) is 5.10. The highest BCUT2D eigenvalue weighted by Crippen LogP contribution is 2.28. The maximum atomic E-state index is 14.6. The van der Waals surface area contributed by atoms with Crippen molar-refractivity contribution in [3.05, 3.63) is 130 Å². The molecular formula is C37H41Cl2N3O4S. The van der Waals surface area contributed by atoms with Crippen molar-refractivity contribution >= 4 is 50.7 Å². The molecule has 0 heterocycles. The Bertz CT molecular complexity index is 1750. The molecule has 10 heteroatoms. The van der Waals surface area contributed by atoms with E-state index in [0.717, 1.165) is 15.4 Å². The largest absolute Gasteiger partial charge is 0.352 e. The Morgan fingerprint density at radius 3 is 1.98 bits per heavy atom. The third-order valence-electron chi connectivity index (χ3n) is 8.07. The van der Waals surface area contributed by atoms with Gasteiger partial charge in [-0.25, -0.2) is 8.42 Å². The van der Waals surface area contributed by atoms with Crippen LogP contribution in [0.2, 0.25) is 10.0 Å². The number of carbonyl (C=O) groups excluding carboxylic acids is 2. The lowest BCUT2D eigenvalue weighted by atomic mass is 10.0. The standard InChI is InChI=1S/C37H41Cl2N3O4S/c1-5-27(4)40-37(44)35(23-28-12-8-6-9-13-28)41(24-29-16-21-33(38)34(39)22-29)36(43)25-42(31-19-17-30(18-20-31)26(2)3)47(45,46)32-14-10-7-11-15-32/h6-22,26-27,35H,5,23-25H2,1-4H3,(H,40,44)/t27-,35+/m0/s1. The minimum absolute atomic E-state index is 0.00728. The van der Waals surface area contributed by atoms with Gasteiger partial charge in [-0.15, -0.1) is 0 Å². The molecule has 0 fully saturated rings. The van der Waals surface area contributed by atoms with Gasteiger partial charge < -0.3 is 10.2 Å². The molecule has 0 unspecified atom stereocenters. The predicted molar refractivity (Wildman–Crippen MR) is 190 cm³/mol. The summed E-state index contributed by atoms with van der Waals surface area (Å²) in [6, 6.07) is 28.5. The number of carbonyl (C=O) groups is 2. The molecule has 0 aliphatic heterocycles. The zero-order valence-electron chi connectivity index (χ0n) is 27.1. The Kier molecular flexibility index (Phi) is 12.5. The topological polar surface area (TPSA) is 86.8 Å². The van der Waals surface area contributed by atoms with E-state index in [9.17, 15) is 18.0 Å². The summed E-state index contributed by atoms with van der Waals surface area (Å²) in [5.74, 6) is -0.659. The van der Waals surface area contributed by atoms with E-state index < -0.39 is 28.5 Å².